The molecule has 4 nitrogen and oxygen atoms in total. The maximum atomic E-state index is 7.62. The van der Waals surface area contributed by atoms with Crippen molar-refractivity contribution in [1.29, 1.82) is 0 Å². The predicted octanol–water partition coefficient (Wildman–Crippen LogP) is 0.811. The first kappa shape index (κ1) is 16.3. The van der Waals surface area contributed by atoms with Crippen LogP contribution in [0.5, 0.6) is 0 Å². The van der Waals surface area contributed by atoms with Crippen LogP contribution in [0, 0.1) is 0 Å². The van der Waals surface area contributed by atoms with Gasteiger partial charge in [0.05, 0.1) is 13.2 Å². The van der Waals surface area contributed by atoms with Crippen molar-refractivity contribution in [1.82, 2.24) is 0 Å². The Balaban J connectivity index is 0. The molecule has 14 heavy (non-hydrogen) atoms. The van der Waals surface area contributed by atoms with E-state index in [1.54, 1.807) is 0 Å². The summed E-state index contributed by atoms with van der Waals surface area (Å²) in [6.07, 6.45) is 2.56. The fraction of sp³-hybridized carbons (Fsp3) is 1.00. The van der Waals surface area contributed by atoms with Crippen LogP contribution in [0.2, 0.25) is 0 Å². The highest BCUT2D eigenvalue weighted by molar-refractivity contribution is 4.43. The summed E-state index contributed by atoms with van der Waals surface area (Å²) in [7, 11) is 0. The summed E-state index contributed by atoms with van der Waals surface area (Å²) in [5, 5.41) is 15.2. The third kappa shape index (κ3) is 22.6. The molecule has 0 aromatic heterocycles. The molecular formula is C10H24O4. The van der Waals surface area contributed by atoms with Crippen LogP contribution in [0.15, 0.2) is 0 Å². The van der Waals surface area contributed by atoms with Gasteiger partial charge in [-0.3, -0.25) is 0 Å². The fourth-order valence-electron chi connectivity index (χ4n) is 0.714. The third-order valence-electron chi connectivity index (χ3n) is 1.34. The highest BCUT2D eigenvalue weighted by Crippen LogP contribution is 1.98. The lowest BCUT2D eigenvalue weighted by Gasteiger charge is -1.86. The van der Waals surface area contributed by atoms with Crippen LogP contribution < -0.4 is 0 Å². The Bertz CT molecular complexity index is 62.9. The molecule has 0 atom stereocenters. The standard InChI is InChI=1S/C4H8O.C4H10O.C2H6O2/c1-2-4-5-3-1;1-3-5-4-2;3-1-2-4/h1-4H2;3-4H2,1-2H3;3-4H,1-2H2. The SMILES string of the molecule is C1CCOC1.CCOCC.OCCO. The first-order valence-electron chi connectivity index (χ1n) is 5.20. The maximum Gasteiger partial charge on any atom is 0.0662 e. The van der Waals surface area contributed by atoms with E-state index in [4.69, 9.17) is 19.7 Å². The average molecular weight is 208 g/mol. The number of aliphatic hydroxyl groups is 2. The lowest BCUT2D eigenvalue weighted by molar-refractivity contribution is 0.162. The van der Waals surface area contributed by atoms with Crippen molar-refractivity contribution in [3.63, 3.8) is 0 Å². The first-order valence-corrected chi connectivity index (χ1v) is 5.20. The quantitative estimate of drug-likeness (QED) is 0.720. The zero-order valence-electron chi connectivity index (χ0n) is 9.37. The van der Waals surface area contributed by atoms with Crippen molar-refractivity contribution in [2.24, 2.45) is 0 Å². The number of hydrogen-bond donors (Lipinski definition) is 2. The summed E-state index contributed by atoms with van der Waals surface area (Å²) in [5.41, 5.74) is 0. The third-order valence-corrected chi connectivity index (χ3v) is 1.34. The van der Waals surface area contributed by atoms with Gasteiger partial charge in [-0.25, -0.2) is 0 Å². The van der Waals surface area contributed by atoms with Gasteiger partial charge in [0, 0.05) is 26.4 Å². The van der Waals surface area contributed by atoms with E-state index < -0.39 is 0 Å². The number of hydrogen-bond acceptors (Lipinski definition) is 4. The van der Waals surface area contributed by atoms with E-state index in [0.29, 0.717) is 0 Å². The summed E-state index contributed by atoms with van der Waals surface area (Å²) < 4.78 is 9.78. The molecule has 0 aromatic carbocycles. The summed E-state index contributed by atoms with van der Waals surface area (Å²) in [4.78, 5) is 0. The minimum atomic E-state index is -0.125. The normalized spacial score (nSPS) is 13.7. The zero-order valence-corrected chi connectivity index (χ0v) is 9.37. The molecule has 1 heterocycles. The molecule has 1 fully saturated rings. The molecule has 0 unspecified atom stereocenters. The molecule has 2 N–H and O–H groups in total. The van der Waals surface area contributed by atoms with Gasteiger partial charge in [0.2, 0.25) is 0 Å². The van der Waals surface area contributed by atoms with Gasteiger partial charge in [-0.05, 0) is 26.7 Å². The van der Waals surface area contributed by atoms with Gasteiger partial charge in [-0.1, -0.05) is 0 Å². The van der Waals surface area contributed by atoms with E-state index in [1.165, 1.54) is 12.8 Å². The summed E-state index contributed by atoms with van der Waals surface area (Å²) in [6.45, 7) is 7.42. The Labute approximate surface area is 86.8 Å². The summed E-state index contributed by atoms with van der Waals surface area (Å²) in [5.74, 6) is 0. The molecular weight excluding hydrogens is 184 g/mol. The highest BCUT2D eigenvalue weighted by Gasteiger charge is 1.94. The Morgan fingerprint density at radius 1 is 1.00 bits per heavy atom. The Morgan fingerprint density at radius 2 is 1.43 bits per heavy atom. The molecule has 0 amide bonds. The molecule has 0 saturated carbocycles. The molecule has 0 spiro atoms. The molecule has 0 bridgehead atoms. The van der Waals surface area contributed by atoms with E-state index in [0.717, 1.165) is 26.4 Å². The molecule has 1 rings (SSSR count). The zero-order chi connectivity index (χ0) is 11.1. The van der Waals surface area contributed by atoms with Crippen LogP contribution in [0.3, 0.4) is 0 Å². The van der Waals surface area contributed by atoms with Crippen LogP contribution in [0.1, 0.15) is 26.7 Å². The molecule has 88 valence electrons. The number of aliphatic hydroxyl groups excluding tert-OH is 2. The maximum absolute atomic E-state index is 7.62. The number of ether oxygens (including phenoxy) is 2. The van der Waals surface area contributed by atoms with Gasteiger partial charge < -0.3 is 19.7 Å². The second kappa shape index (κ2) is 18.6. The molecule has 1 aliphatic rings. The van der Waals surface area contributed by atoms with E-state index in [2.05, 4.69) is 0 Å². The summed E-state index contributed by atoms with van der Waals surface area (Å²) in [6, 6.07) is 0. The van der Waals surface area contributed by atoms with Crippen LogP contribution in [0.25, 0.3) is 0 Å². The van der Waals surface area contributed by atoms with Gasteiger partial charge in [-0.15, -0.1) is 0 Å². The first-order chi connectivity index (χ1) is 6.83. The average Bonchev–Trinajstić information content (AvgIpc) is 2.78. The van der Waals surface area contributed by atoms with Crippen molar-refractivity contribution in [2.45, 2.75) is 26.7 Å². The van der Waals surface area contributed by atoms with Gasteiger partial charge in [0.15, 0.2) is 0 Å². The Kier molecular flexibility index (Phi) is 21.6. The van der Waals surface area contributed by atoms with Crippen molar-refractivity contribution in [2.75, 3.05) is 39.6 Å². The second-order valence-electron chi connectivity index (χ2n) is 2.55. The van der Waals surface area contributed by atoms with Crippen LogP contribution in [-0.4, -0.2) is 49.9 Å². The van der Waals surface area contributed by atoms with Crippen LogP contribution >= 0.6 is 0 Å². The molecule has 4 heteroatoms. The lowest BCUT2D eigenvalue weighted by Crippen LogP contribution is -1.85. The van der Waals surface area contributed by atoms with Crippen LogP contribution in [-0.2, 0) is 9.47 Å². The van der Waals surface area contributed by atoms with Gasteiger partial charge in [0.25, 0.3) is 0 Å². The topological polar surface area (TPSA) is 58.9 Å². The second-order valence-corrected chi connectivity index (χ2v) is 2.55. The van der Waals surface area contributed by atoms with E-state index in [-0.39, 0.29) is 13.2 Å². The van der Waals surface area contributed by atoms with E-state index in [9.17, 15) is 0 Å². The van der Waals surface area contributed by atoms with E-state index in [1.807, 2.05) is 13.8 Å². The van der Waals surface area contributed by atoms with Crippen molar-refractivity contribution >= 4 is 0 Å². The molecule has 1 saturated heterocycles. The molecule has 0 aliphatic carbocycles. The molecule has 0 aromatic rings. The van der Waals surface area contributed by atoms with Gasteiger partial charge >= 0.3 is 0 Å². The molecule has 1 aliphatic heterocycles. The monoisotopic (exact) mass is 208 g/mol. The Morgan fingerprint density at radius 3 is 1.50 bits per heavy atom. The smallest absolute Gasteiger partial charge is 0.0662 e. The Hall–Kier alpha value is -0.160. The fourth-order valence-corrected chi connectivity index (χ4v) is 0.714. The number of rotatable bonds is 3. The minimum absolute atomic E-state index is 0.125. The van der Waals surface area contributed by atoms with Crippen LogP contribution in [0.4, 0.5) is 0 Å². The molecule has 0 radical (unpaired) electrons. The lowest BCUT2D eigenvalue weighted by atomic mass is 10.4. The van der Waals surface area contributed by atoms with Crippen molar-refractivity contribution in [3.8, 4) is 0 Å². The largest absolute Gasteiger partial charge is 0.394 e. The van der Waals surface area contributed by atoms with Gasteiger partial charge in [-0.2, -0.15) is 0 Å². The predicted molar refractivity (Wildman–Crippen MR) is 56.4 cm³/mol. The summed E-state index contributed by atoms with van der Waals surface area (Å²) >= 11 is 0. The van der Waals surface area contributed by atoms with Gasteiger partial charge in [0.1, 0.15) is 0 Å². The highest BCUT2D eigenvalue weighted by atomic mass is 16.5. The van der Waals surface area contributed by atoms with E-state index >= 15 is 0 Å². The minimum Gasteiger partial charge on any atom is -0.394 e. The van der Waals surface area contributed by atoms with Crippen molar-refractivity contribution < 1.29 is 19.7 Å². The van der Waals surface area contributed by atoms with Crippen molar-refractivity contribution in [3.05, 3.63) is 0 Å².